The lowest BCUT2D eigenvalue weighted by Gasteiger charge is -2.03. The van der Waals surface area contributed by atoms with Gasteiger partial charge in [-0.2, -0.15) is 0 Å². The van der Waals surface area contributed by atoms with E-state index in [2.05, 4.69) is 5.10 Å². The average molecular weight is 233 g/mol. The van der Waals surface area contributed by atoms with Crippen LogP contribution in [0.4, 0.5) is 5.69 Å². The predicted octanol–water partition coefficient (Wildman–Crippen LogP) is 0.434. The smallest absolute Gasteiger partial charge is 0.291 e. The quantitative estimate of drug-likeness (QED) is 0.462. The molecule has 0 aliphatic carbocycles. The Morgan fingerprint density at radius 1 is 1.18 bits per heavy atom. The summed E-state index contributed by atoms with van der Waals surface area (Å²) in [5, 5.41) is 12.9. The minimum Gasteiger partial charge on any atom is -0.291 e. The lowest BCUT2D eigenvalue weighted by molar-refractivity contribution is -0.386. The van der Waals surface area contributed by atoms with Crippen molar-refractivity contribution in [1.29, 1.82) is 0 Å². The lowest BCUT2D eigenvalue weighted by atomic mass is 10.3. The first kappa shape index (κ1) is 10.8. The summed E-state index contributed by atoms with van der Waals surface area (Å²) in [7, 11) is 0. The highest BCUT2D eigenvalue weighted by molar-refractivity contribution is 5.32. The van der Waals surface area contributed by atoms with Crippen LogP contribution in [0.2, 0.25) is 0 Å². The first-order chi connectivity index (χ1) is 8.11. The largest absolute Gasteiger partial charge is 0.339 e. The molecule has 1 N–H and O–H groups in total. The number of hydrogen-bond donors (Lipinski definition) is 1. The molecule has 17 heavy (non-hydrogen) atoms. The Kier molecular flexibility index (Phi) is 2.57. The van der Waals surface area contributed by atoms with Crippen molar-refractivity contribution in [3.63, 3.8) is 0 Å². The average Bonchev–Trinajstić information content (AvgIpc) is 2.33. The number of hydrogen-bond acceptors (Lipinski definition) is 4. The van der Waals surface area contributed by atoms with Crippen LogP contribution in [-0.2, 0) is 0 Å². The molecule has 7 heteroatoms. The Hall–Kier alpha value is -2.70. The van der Waals surface area contributed by atoms with Crippen LogP contribution in [0.25, 0.3) is 5.69 Å². The van der Waals surface area contributed by atoms with Crippen LogP contribution < -0.4 is 11.0 Å². The number of nitrogens with zero attached hydrogens (tertiary/aromatic N) is 2. The van der Waals surface area contributed by atoms with E-state index >= 15 is 0 Å². The van der Waals surface area contributed by atoms with E-state index in [0.29, 0.717) is 5.69 Å². The van der Waals surface area contributed by atoms with Gasteiger partial charge in [0.15, 0.2) is 0 Å². The molecule has 0 fully saturated rings. The SMILES string of the molecule is O=c1c([N+](=O)[O-])c[nH]n(-c2ccccc2)c1=O. The molecule has 0 radical (unpaired) electrons. The van der Waals surface area contributed by atoms with Crippen LogP contribution in [0.3, 0.4) is 0 Å². The Labute approximate surface area is 94.1 Å². The van der Waals surface area contributed by atoms with Gasteiger partial charge in [-0.1, -0.05) is 18.2 Å². The first-order valence-corrected chi connectivity index (χ1v) is 4.66. The molecular formula is C10H7N3O4. The van der Waals surface area contributed by atoms with Gasteiger partial charge in [0, 0.05) is 0 Å². The third-order valence-corrected chi connectivity index (χ3v) is 2.17. The maximum atomic E-state index is 11.6. The van der Waals surface area contributed by atoms with E-state index in [0.717, 1.165) is 10.9 Å². The molecule has 0 saturated heterocycles. The van der Waals surface area contributed by atoms with Crippen LogP contribution in [0.1, 0.15) is 0 Å². The molecule has 0 atom stereocenters. The van der Waals surface area contributed by atoms with Gasteiger partial charge in [0.2, 0.25) is 0 Å². The monoisotopic (exact) mass is 233 g/mol. The van der Waals surface area contributed by atoms with E-state index in [9.17, 15) is 19.7 Å². The summed E-state index contributed by atoms with van der Waals surface area (Å²) < 4.78 is 0.954. The number of nitrogens with one attached hydrogen (secondary N) is 1. The molecule has 1 heterocycles. The van der Waals surface area contributed by atoms with Gasteiger partial charge in [0.05, 0.1) is 10.6 Å². The fourth-order valence-corrected chi connectivity index (χ4v) is 1.37. The number of benzene rings is 1. The van der Waals surface area contributed by atoms with Gasteiger partial charge in [-0.15, -0.1) is 0 Å². The normalized spacial score (nSPS) is 10.1. The zero-order chi connectivity index (χ0) is 12.4. The van der Waals surface area contributed by atoms with E-state index in [4.69, 9.17) is 0 Å². The summed E-state index contributed by atoms with van der Waals surface area (Å²) in [6, 6.07) is 8.31. The molecule has 0 amide bonds. The van der Waals surface area contributed by atoms with Crippen molar-refractivity contribution in [1.82, 2.24) is 9.78 Å². The lowest BCUT2D eigenvalue weighted by Crippen LogP contribution is -2.35. The Balaban J connectivity index is 2.69. The standard InChI is InChI=1S/C10H7N3O4/c14-9-8(13(16)17)6-11-12(10(9)15)7-4-2-1-3-5-7/h1-6,11H. The maximum Gasteiger partial charge on any atom is 0.339 e. The van der Waals surface area contributed by atoms with Gasteiger partial charge in [0.1, 0.15) is 6.20 Å². The topological polar surface area (TPSA) is 98.0 Å². The van der Waals surface area contributed by atoms with Crippen molar-refractivity contribution in [2.45, 2.75) is 0 Å². The van der Waals surface area contributed by atoms with Crippen LogP contribution in [0.15, 0.2) is 46.1 Å². The number of nitro groups is 1. The van der Waals surface area contributed by atoms with Gasteiger partial charge < -0.3 is 0 Å². The molecule has 2 aromatic rings. The van der Waals surface area contributed by atoms with Gasteiger partial charge in [-0.25, -0.2) is 4.68 Å². The van der Waals surface area contributed by atoms with Crippen molar-refractivity contribution >= 4 is 5.69 Å². The van der Waals surface area contributed by atoms with E-state index in [1.807, 2.05) is 0 Å². The summed E-state index contributed by atoms with van der Waals surface area (Å²) in [4.78, 5) is 32.6. The highest BCUT2D eigenvalue weighted by Crippen LogP contribution is 2.03. The molecule has 0 aliphatic rings. The fourth-order valence-electron chi connectivity index (χ4n) is 1.37. The number of aromatic amines is 1. The van der Waals surface area contributed by atoms with Crippen molar-refractivity contribution in [2.24, 2.45) is 0 Å². The first-order valence-electron chi connectivity index (χ1n) is 4.66. The van der Waals surface area contributed by atoms with Crippen molar-refractivity contribution < 1.29 is 4.92 Å². The molecule has 1 aromatic carbocycles. The zero-order valence-electron chi connectivity index (χ0n) is 8.49. The zero-order valence-corrected chi connectivity index (χ0v) is 8.49. The highest BCUT2D eigenvalue weighted by Gasteiger charge is 2.16. The number of rotatable bonds is 2. The number of aromatic nitrogens is 2. The maximum absolute atomic E-state index is 11.6. The van der Waals surface area contributed by atoms with E-state index in [1.165, 1.54) is 0 Å². The molecule has 0 aliphatic heterocycles. The molecule has 0 unspecified atom stereocenters. The van der Waals surface area contributed by atoms with Gasteiger partial charge in [-0.3, -0.25) is 24.8 Å². The van der Waals surface area contributed by atoms with Crippen molar-refractivity contribution in [3.8, 4) is 5.69 Å². The minimum absolute atomic E-state index is 0.435. The number of para-hydroxylation sites is 1. The van der Waals surface area contributed by atoms with Crippen LogP contribution in [0.5, 0.6) is 0 Å². The van der Waals surface area contributed by atoms with E-state index < -0.39 is 21.6 Å². The predicted molar refractivity (Wildman–Crippen MR) is 59.3 cm³/mol. The molecule has 86 valence electrons. The second kappa shape index (κ2) is 4.05. The highest BCUT2D eigenvalue weighted by atomic mass is 16.6. The Morgan fingerprint density at radius 2 is 1.82 bits per heavy atom. The fraction of sp³-hybridized carbons (Fsp3) is 0. The Morgan fingerprint density at radius 3 is 2.41 bits per heavy atom. The van der Waals surface area contributed by atoms with Crippen molar-refractivity contribution in [2.75, 3.05) is 0 Å². The third kappa shape index (κ3) is 1.85. The summed E-state index contributed by atoms with van der Waals surface area (Å²) in [5.41, 5.74) is -2.45. The Bertz CT molecular complexity index is 672. The molecule has 0 bridgehead atoms. The van der Waals surface area contributed by atoms with E-state index in [1.54, 1.807) is 30.3 Å². The second-order valence-corrected chi connectivity index (χ2v) is 3.22. The van der Waals surface area contributed by atoms with Gasteiger partial charge >= 0.3 is 16.7 Å². The molecular weight excluding hydrogens is 226 g/mol. The van der Waals surface area contributed by atoms with Crippen molar-refractivity contribution in [3.05, 3.63) is 67.2 Å². The van der Waals surface area contributed by atoms with E-state index in [-0.39, 0.29) is 0 Å². The second-order valence-electron chi connectivity index (χ2n) is 3.22. The van der Waals surface area contributed by atoms with Crippen LogP contribution >= 0.6 is 0 Å². The number of H-pyrrole nitrogens is 1. The van der Waals surface area contributed by atoms with Gasteiger partial charge in [0.25, 0.3) is 0 Å². The minimum atomic E-state index is -1.14. The molecule has 1 aromatic heterocycles. The third-order valence-electron chi connectivity index (χ3n) is 2.17. The summed E-state index contributed by atoms with van der Waals surface area (Å²) >= 11 is 0. The molecule has 0 spiro atoms. The molecule has 0 saturated carbocycles. The summed E-state index contributed by atoms with van der Waals surface area (Å²) in [6.07, 6.45) is 0.900. The summed E-state index contributed by atoms with van der Waals surface area (Å²) in [6.45, 7) is 0. The summed E-state index contributed by atoms with van der Waals surface area (Å²) in [5.74, 6) is 0. The van der Waals surface area contributed by atoms with Crippen LogP contribution in [0, 0.1) is 10.1 Å². The van der Waals surface area contributed by atoms with Gasteiger partial charge in [-0.05, 0) is 12.1 Å². The molecule has 7 nitrogen and oxygen atoms in total. The van der Waals surface area contributed by atoms with Crippen LogP contribution in [-0.4, -0.2) is 14.7 Å². The molecule has 2 rings (SSSR count).